The van der Waals surface area contributed by atoms with E-state index in [2.05, 4.69) is 10.5 Å². The molecule has 2 aromatic rings. The number of hydrazone groups is 1. The first-order valence-electron chi connectivity index (χ1n) is 9.08. The number of methoxy groups -OCH3 is 2. The maximum atomic E-state index is 12.6. The number of sulfonamides is 1. The molecule has 0 atom stereocenters. The number of ether oxygens (including phenoxy) is 2. The van der Waals surface area contributed by atoms with Crippen LogP contribution in [0.25, 0.3) is 0 Å². The molecule has 0 saturated carbocycles. The lowest BCUT2D eigenvalue weighted by atomic mass is 10.2. The van der Waals surface area contributed by atoms with Crippen molar-refractivity contribution in [2.75, 3.05) is 32.7 Å². The van der Waals surface area contributed by atoms with E-state index in [1.807, 2.05) is 0 Å². The van der Waals surface area contributed by atoms with Gasteiger partial charge in [-0.1, -0.05) is 13.8 Å². The molecule has 0 spiro atoms. The Morgan fingerprint density at radius 2 is 1.77 bits per heavy atom. The summed E-state index contributed by atoms with van der Waals surface area (Å²) in [7, 11) is -0.783. The van der Waals surface area contributed by atoms with Gasteiger partial charge in [-0.05, 0) is 35.9 Å². The van der Waals surface area contributed by atoms with Crippen LogP contribution in [0.1, 0.15) is 19.4 Å². The Morgan fingerprint density at radius 3 is 2.33 bits per heavy atom. The van der Waals surface area contributed by atoms with E-state index >= 15 is 0 Å². The molecule has 0 fully saturated rings. The molecule has 2 aromatic carbocycles. The molecule has 0 aliphatic heterocycles. The average molecular weight is 436 g/mol. The standard InChI is InChI=1S/C19H24N4O6S/c1-5-22(6-2)30(26,27)15-8-9-16(17(12-15)23(24)25)21-20-13-14-7-10-18(28-3)19(11-14)29-4/h7-13,21H,5-6H2,1-4H3/b20-13+. The molecule has 0 amide bonds. The summed E-state index contributed by atoms with van der Waals surface area (Å²) in [5, 5.41) is 15.5. The Labute approximate surface area is 175 Å². The highest BCUT2D eigenvalue weighted by Gasteiger charge is 2.25. The van der Waals surface area contributed by atoms with Crippen LogP contribution in [0.2, 0.25) is 0 Å². The third-order valence-corrected chi connectivity index (χ3v) is 6.36. The summed E-state index contributed by atoms with van der Waals surface area (Å²) >= 11 is 0. The topological polar surface area (TPSA) is 123 Å². The van der Waals surface area contributed by atoms with Gasteiger partial charge >= 0.3 is 0 Å². The van der Waals surface area contributed by atoms with Crippen molar-refractivity contribution in [1.29, 1.82) is 0 Å². The second kappa shape index (κ2) is 10.0. The molecule has 11 heteroatoms. The molecule has 0 aliphatic carbocycles. The maximum absolute atomic E-state index is 12.6. The second-order valence-corrected chi connectivity index (χ2v) is 7.95. The molecule has 0 radical (unpaired) electrons. The van der Waals surface area contributed by atoms with Gasteiger partial charge in [0.1, 0.15) is 5.69 Å². The number of rotatable bonds is 10. The van der Waals surface area contributed by atoms with Crippen LogP contribution in [0.4, 0.5) is 11.4 Å². The number of nitro groups is 1. The van der Waals surface area contributed by atoms with E-state index in [4.69, 9.17) is 9.47 Å². The Morgan fingerprint density at radius 1 is 1.10 bits per heavy atom. The maximum Gasteiger partial charge on any atom is 0.295 e. The zero-order valence-electron chi connectivity index (χ0n) is 17.2. The SMILES string of the molecule is CCN(CC)S(=O)(=O)c1ccc(N/N=C/c2ccc(OC)c(OC)c2)c([N+](=O)[O-])c1. The number of benzene rings is 2. The van der Waals surface area contributed by atoms with Crippen LogP contribution in [0.5, 0.6) is 11.5 Å². The lowest BCUT2D eigenvalue weighted by Gasteiger charge is -2.18. The molecule has 10 nitrogen and oxygen atoms in total. The Bertz CT molecular complexity index is 1040. The molecule has 1 N–H and O–H groups in total. The molecular weight excluding hydrogens is 412 g/mol. The minimum atomic E-state index is -3.81. The normalized spacial score (nSPS) is 11.6. The summed E-state index contributed by atoms with van der Waals surface area (Å²) in [6.45, 7) is 3.94. The van der Waals surface area contributed by atoms with Crippen LogP contribution < -0.4 is 14.9 Å². The van der Waals surface area contributed by atoms with Crippen molar-refractivity contribution < 1.29 is 22.8 Å². The van der Waals surface area contributed by atoms with Gasteiger partial charge in [0, 0.05) is 19.2 Å². The highest BCUT2D eigenvalue weighted by molar-refractivity contribution is 7.89. The molecule has 30 heavy (non-hydrogen) atoms. The number of nitrogens with zero attached hydrogens (tertiary/aromatic N) is 3. The number of anilines is 1. The van der Waals surface area contributed by atoms with E-state index in [0.29, 0.717) is 17.1 Å². The van der Waals surface area contributed by atoms with Gasteiger partial charge in [-0.15, -0.1) is 0 Å². The number of hydrogen-bond donors (Lipinski definition) is 1. The van der Waals surface area contributed by atoms with E-state index in [1.54, 1.807) is 32.0 Å². The monoisotopic (exact) mass is 436 g/mol. The summed E-state index contributed by atoms with van der Waals surface area (Å²) in [5.41, 5.74) is 2.93. The van der Waals surface area contributed by atoms with Crippen LogP contribution in [-0.2, 0) is 10.0 Å². The van der Waals surface area contributed by atoms with Crippen LogP contribution >= 0.6 is 0 Å². The molecule has 0 unspecified atom stereocenters. The third-order valence-electron chi connectivity index (χ3n) is 4.32. The van der Waals surface area contributed by atoms with Gasteiger partial charge in [0.05, 0.1) is 30.3 Å². The molecule has 2 rings (SSSR count). The molecule has 0 bridgehead atoms. The summed E-state index contributed by atoms with van der Waals surface area (Å²) in [6.07, 6.45) is 1.45. The first kappa shape index (κ1) is 23.1. The largest absolute Gasteiger partial charge is 0.493 e. The molecular formula is C19H24N4O6S. The summed E-state index contributed by atoms with van der Waals surface area (Å²) in [5.74, 6) is 1.07. The first-order chi connectivity index (χ1) is 14.3. The summed E-state index contributed by atoms with van der Waals surface area (Å²) < 4.78 is 36.9. The molecule has 0 saturated heterocycles. The average Bonchev–Trinajstić information content (AvgIpc) is 2.74. The van der Waals surface area contributed by atoms with Gasteiger partial charge in [0.2, 0.25) is 10.0 Å². The Balaban J connectivity index is 2.30. The van der Waals surface area contributed by atoms with Crippen molar-refractivity contribution in [3.8, 4) is 11.5 Å². The third kappa shape index (κ3) is 5.05. The van der Waals surface area contributed by atoms with E-state index in [1.165, 1.54) is 36.9 Å². The van der Waals surface area contributed by atoms with E-state index in [0.717, 1.165) is 6.07 Å². The minimum absolute atomic E-state index is 0.0650. The molecule has 0 aromatic heterocycles. The van der Waals surface area contributed by atoms with Crippen LogP contribution in [-0.4, -0.2) is 51.2 Å². The molecule has 0 aliphatic rings. The quantitative estimate of drug-likeness (QED) is 0.345. The zero-order valence-corrected chi connectivity index (χ0v) is 18.0. The Hall–Kier alpha value is -3.18. The van der Waals surface area contributed by atoms with Crippen LogP contribution in [0.15, 0.2) is 46.4 Å². The van der Waals surface area contributed by atoms with Crippen molar-refractivity contribution in [2.45, 2.75) is 18.7 Å². The van der Waals surface area contributed by atoms with Crippen molar-refractivity contribution in [1.82, 2.24) is 4.31 Å². The fraction of sp³-hybridized carbons (Fsp3) is 0.316. The van der Waals surface area contributed by atoms with Gasteiger partial charge in [-0.25, -0.2) is 8.42 Å². The number of nitrogens with one attached hydrogen (secondary N) is 1. The van der Waals surface area contributed by atoms with E-state index in [-0.39, 0.29) is 23.7 Å². The lowest BCUT2D eigenvalue weighted by Crippen LogP contribution is -2.30. The summed E-state index contributed by atoms with van der Waals surface area (Å²) in [6, 6.07) is 8.80. The fourth-order valence-corrected chi connectivity index (χ4v) is 4.22. The summed E-state index contributed by atoms with van der Waals surface area (Å²) in [4.78, 5) is 10.7. The first-order valence-corrected chi connectivity index (χ1v) is 10.5. The predicted octanol–water partition coefficient (Wildman–Crippen LogP) is 3.09. The van der Waals surface area contributed by atoms with Crippen LogP contribution in [0, 0.1) is 10.1 Å². The van der Waals surface area contributed by atoms with Crippen molar-refractivity contribution in [3.63, 3.8) is 0 Å². The van der Waals surface area contributed by atoms with Crippen molar-refractivity contribution in [3.05, 3.63) is 52.1 Å². The van der Waals surface area contributed by atoms with E-state index in [9.17, 15) is 18.5 Å². The van der Waals surface area contributed by atoms with Crippen molar-refractivity contribution >= 4 is 27.6 Å². The van der Waals surface area contributed by atoms with Gasteiger partial charge in [0.15, 0.2) is 11.5 Å². The van der Waals surface area contributed by atoms with Crippen LogP contribution in [0.3, 0.4) is 0 Å². The smallest absolute Gasteiger partial charge is 0.295 e. The molecule has 162 valence electrons. The predicted molar refractivity (Wildman–Crippen MR) is 114 cm³/mol. The zero-order chi connectivity index (χ0) is 22.3. The minimum Gasteiger partial charge on any atom is -0.493 e. The van der Waals surface area contributed by atoms with Gasteiger partial charge in [-0.2, -0.15) is 9.41 Å². The highest BCUT2D eigenvalue weighted by atomic mass is 32.2. The fourth-order valence-electron chi connectivity index (χ4n) is 2.74. The highest BCUT2D eigenvalue weighted by Crippen LogP contribution is 2.29. The Kier molecular flexibility index (Phi) is 7.72. The number of hydrogen-bond acceptors (Lipinski definition) is 8. The van der Waals surface area contributed by atoms with Gasteiger partial charge in [-0.3, -0.25) is 15.5 Å². The van der Waals surface area contributed by atoms with E-state index < -0.39 is 20.6 Å². The second-order valence-electron chi connectivity index (χ2n) is 6.01. The lowest BCUT2D eigenvalue weighted by molar-refractivity contribution is -0.384. The number of nitro benzene ring substituents is 1. The van der Waals surface area contributed by atoms with Crippen molar-refractivity contribution in [2.24, 2.45) is 5.10 Å². The van der Waals surface area contributed by atoms with Gasteiger partial charge in [0.25, 0.3) is 5.69 Å². The molecule has 0 heterocycles. The van der Waals surface area contributed by atoms with Gasteiger partial charge < -0.3 is 9.47 Å².